The summed E-state index contributed by atoms with van der Waals surface area (Å²) in [4.78, 5) is 39.1. The number of hydrogen-bond acceptors (Lipinski definition) is 3. The Kier molecular flexibility index (Phi) is 6.25. The molecule has 2 aromatic carbocycles. The Morgan fingerprint density at radius 3 is 2.32 bits per heavy atom. The molecule has 0 bridgehead atoms. The molecule has 2 amide bonds. The van der Waals surface area contributed by atoms with Gasteiger partial charge in [-0.1, -0.05) is 43.2 Å². The summed E-state index contributed by atoms with van der Waals surface area (Å²) >= 11 is 0. The number of fused-ring (bicyclic) bond motifs is 1. The van der Waals surface area contributed by atoms with Crippen molar-refractivity contribution in [2.75, 3.05) is 13.1 Å². The summed E-state index contributed by atoms with van der Waals surface area (Å²) in [7, 11) is 0. The van der Waals surface area contributed by atoms with Crippen molar-refractivity contribution in [2.45, 2.75) is 57.4 Å². The van der Waals surface area contributed by atoms with E-state index < -0.39 is 12.0 Å². The van der Waals surface area contributed by atoms with Gasteiger partial charge in [-0.25, -0.2) is 0 Å². The molecule has 2 fully saturated rings. The Balaban J connectivity index is 1.45. The van der Waals surface area contributed by atoms with Crippen LogP contribution in [0.2, 0.25) is 0 Å². The smallest absolute Gasteiger partial charge is 0.303 e. The van der Waals surface area contributed by atoms with E-state index in [-0.39, 0.29) is 24.7 Å². The van der Waals surface area contributed by atoms with Gasteiger partial charge in [0.1, 0.15) is 6.04 Å². The number of carbonyl (C=O) groups is 3. The summed E-state index contributed by atoms with van der Waals surface area (Å²) in [5, 5.41) is 13.9. The number of nitrogens with one attached hydrogen (secondary N) is 1. The van der Waals surface area contributed by atoms with Crippen molar-refractivity contribution in [3.05, 3.63) is 48.0 Å². The summed E-state index contributed by atoms with van der Waals surface area (Å²) in [5.74, 6) is -1.48. The summed E-state index contributed by atoms with van der Waals surface area (Å²) in [6, 6.07) is 12.4. The third-order valence-corrected chi connectivity index (χ3v) is 7.06. The first-order valence-electron chi connectivity index (χ1n) is 11.3. The van der Waals surface area contributed by atoms with Gasteiger partial charge >= 0.3 is 5.97 Å². The number of hydrogen-bond donors (Lipinski definition) is 2. The predicted molar refractivity (Wildman–Crippen MR) is 119 cm³/mol. The van der Waals surface area contributed by atoms with E-state index in [2.05, 4.69) is 5.32 Å². The van der Waals surface area contributed by atoms with Crippen LogP contribution in [0, 0.1) is 5.41 Å². The molecule has 164 valence electrons. The van der Waals surface area contributed by atoms with Crippen LogP contribution in [-0.4, -0.2) is 46.9 Å². The number of piperidine rings is 1. The van der Waals surface area contributed by atoms with E-state index in [9.17, 15) is 14.4 Å². The van der Waals surface area contributed by atoms with Crippen molar-refractivity contribution in [3.8, 4) is 0 Å². The molecule has 1 atom stereocenters. The predicted octanol–water partition coefficient (Wildman–Crippen LogP) is 3.99. The molecule has 0 aromatic heterocycles. The van der Waals surface area contributed by atoms with E-state index in [1.54, 1.807) is 12.1 Å². The Morgan fingerprint density at radius 1 is 0.968 bits per heavy atom. The lowest BCUT2D eigenvalue weighted by molar-refractivity contribution is -0.138. The van der Waals surface area contributed by atoms with E-state index in [4.69, 9.17) is 5.11 Å². The van der Waals surface area contributed by atoms with Crippen molar-refractivity contribution >= 4 is 28.6 Å². The second kappa shape index (κ2) is 9.08. The molecule has 2 N–H and O–H groups in total. The van der Waals surface area contributed by atoms with E-state index in [1.807, 2.05) is 35.2 Å². The first-order valence-corrected chi connectivity index (χ1v) is 11.3. The SMILES string of the molecule is O=C(O)CC[C@@H](NC(=O)c1ccc2ccccc2c1)C(=O)N1CCC2(CCCC2)CC1. The zero-order valence-corrected chi connectivity index (χ0v) is 17.8. The molecule has 4 rings (SSSR count). The fraction of sp³-hybridized carbons (Fsp3) is 0.480. The van der Waals surface area contributed by atoms with Crippen LogP contribution >= 0.6 is 0 Å². The molecule has 6 nitrogen and oxygen atoms in total. The van der Waals surface area contributed by atoms with Gasteiger partial charge in [-0.3, -0.25) is 14.4 Å². The summed E-state index contributed by atoms with van der Waals surface area (Å²) < 4.78 is 0. The Morgan fingerprint density at radius 2 is 1.65 bits per heavy atom. The molecule has 1 aliphatic carbocycles. The molecular weight excluding hydrogens is 392 g/mol. The minimum atomic E-state index is -0.971. The highest BCUT2D eigenvalue weighted by molar-refractivity contribution is 6.00. The molecule has 0 unspecified atom stereocenters. The lowest BCUT2D eigenvalue weighted by Gasteiger charge is -2.40. The number of carboxylic acids is 1. The molecule has 2 aromatic rings. The maximum atomic E-state index is 13.2. The van der Waals surface area contributed by atoms with Crippen molar-refractivity contribution in [1.29, 1.82) is 0 Å². The molecule has 2 aliphatic rings. The number of amides is 2. The first-order chi connectivity index (χ1) is 15.0. The largest absolute Gasteiger partial charge is 0.481 e. The minimum absolute atomic E-state index is 0.0924. The highest BCUT2D eigenvalue weighted by Crippen LogP contribution is 2.46. The molecule has 1 spiro atoms. The topological polar surface area (TPSA) is 86.7 Å². The zero-order chi connectivity index (χ0) is 21.8. The highest BCUT2D eigenvalue weighted by Gasteiger charge is 2.39. The normalized spacial score (nSPS) is 18.8. The van der Waals surface area contributed by atoms with Crippen LogP contribution < -0.4 is 5.32 Å². The Labute approximate surface area is 182 Å². The van der Waals surface area contributed by atoms with Gasteiger partial charge in [-0.05, 0) is 60.4 Å². The molecule has 31 heavy (non-hydrogen) atoms. The fourth-order valence-corrected chi connectivity index (χ4v) is 5.14. The minimum Gasteiger partial charge on any atom is -0.481 e. The fourth-order valence-electron chi connectivity index (χ4n) is 5.14. The molecule has 1 saturated carbocycles. The number of rotatable bonds is 6. The van der Waals surface area contributed by atoms with Crippen LogP contribution in [0.5, 0.6) is 0 Å². The molecule has 1 saturated heterocycles. The molecule has 1 aliphatic heterocycles. The Bertz CT molecular complexity index is 970. The van der Waals surface area contributed by atoms with Gasteiger partial charge < -0.3 is 15.3 Å². The zero-order valence-electron chi connectivity index (χ0n) is 17.8. The van der Waals surface area contributed by atoms with Gasteiger partial charge in [-0.2, -0.15) is 0 Å². The van der Waals surface area contributed by atoms with Gasteiger partial charge in [0, 0.05) is 25.1 Å². The van der Waals surface area contributed by atoms with Gasteiger partial charge in [0.2, 0.25) is 5.91 Å². The Hall–Kier alpha value is -2.89. The number of likely N-dealkylation sites (tertiary alicyclic amines) is 1. The van der Waals surface area contributed by atoms with Crippen LogP contribution in [-0.2, 0) is 9.59 Å². The van der Waals surface area contributed by atoms with E-state index in [0.717, 1.165) is 23.6 Å². The van der Waals surface area contributed by atoms with Gasteiger partial charge in [0.05, 0.1) is 0 Å². The summed E-state index contributed by atoms with van der Waals surface area (Å²) in [6.07, 6.45) is 6.98. The average molecular weight is 423 g/mol. The molecule has 1 heterocycles. The van der Waals surface area contributed by atoms with Crippen LogP contribution in [0.25, 0.3) is 10.8 Å². The van der Waals surface area contributed by atoms with E-state index in [1.165, 1.54) is 25.7 Å². The maximum Gasteiger partial charge on any atom is 0.303 e. The third-order valence-electron chi connectivity index (χ3n) is 7.06. The van der Waals surface area contributed by atoms with Crippen LogP contribution in [0.3, 0.4) is 0 Å². The van der Waals surface area contributed by atoms with Crippen molar-refractivity contribution in [3.63, 3.8) is 0 Å². The third kappa shape index (κ3) is 4.89. The van der Waals surface area contributed by atoms with E-state index in [0.29, 0.717) is 24.1 Å². The van der Waals surface area contributed by atoms with Crippen molar-refractivity contribution in [2.24, 2.45) is 5.41 Å². The lowest BCUT2D eigenvalue weighted by atomic mass is 9.77. The standard InChI is InChI=1S/C25H30N2O4/c28-22(29)10-9-21(24(31)27-15-13-25(14-16-27)11-3-4-12-25)26-23(30)20-8-7-18-5-1-2-6-19(18)17-20/h1-2,5-8,17,21H,3-4,9-16H2,(H,26,30)(H,28,29)/t21-/m1/s1. The van der Waals surface area contributed by atoms with Crippen LogP contribution in [0.1, 0.15) is 61.7 Å². The molecule has 6 heteroatoms. The quantitative estimate of drug-likeness (QED) is 0.737. The number of aliphatic carboxylic acids is 1. The highest BCUT2D eigenvalue weighted by atomic mass is 16.4. The maximum absolute atomic E-state index is 13.2. The van der Waals surface area contributed by atoms with Crippen molar-refractivity contribution in [1.82, 2.24) is 10.2 Å². The van der Waals surface area contributed by atoms with Crippen molar-refractivity contribution < 1.29 is 19.5 Å². The van der Waals surface area contributed by atoms with Crippen LogP contribution in [0.15, 0.2) is 42.5 Å². The molecular formula is C25H30N2O4. The number of carbonyl (C=O) groups excluding carboxylic acids is 2. The molecule has 0 radical (unpaired) electrons. The number of carboxylic acid groups (broad SMARTS) is 1. The first kappa shape index (κ1) is 21.3. The van der Waals surface area contributed by atoms with Gasteiger partial charge in [-0.15, -0.1) is 0 Å². The second-order valence-corrected chi connectivity index (χ2v) is 9.05. The monoisotopic (exact) mass is 422 g/mol. The van der Waals surface area contributed by atoms with Gasteiger partial charge in [0.25, 0.3) is 5.91 Å². The number of benzene rings is 2. The van der Waals surface area contributed by atoms with E-state index >= 15 is 0 Å². The summed E-state index contributed by atoms with van der Waals surface area (Å²) in [6.45, 7) is 1.38. The second-order valence-electron chi connectivity index (χ2n) is 9.05. The number of nitrogens with zero attached hydrogens (tertiary/aromatic N) is 1. The van der Waals surface area contributed by atoms with Gasteiger partial charge in [0.15, 0.2) is 0 Å². The lowest BCUT2D eigenvalue weighted by Crippen LogP contribution is -2.52. The average Bonchev–Trinajstić information content (AvgIpc) is 3.24. The summed E-state index contributed by atoms with van der Waals surface area (Å²) in [5.41, 5.74) is 0.859. The van der Waals surface area contributed by atoms with Crippen LogP contribution in [0.4, 0.5) is 0 Å².